The molecule has 0 unspecified atom stereocenters. The second-order valence-electron chi connectivity index (χ2n) is 6.26. The van der Waals surface area contributed by atoms with Gasteiger partial charge in [-0.25, -0.2) is 8.78 Å². The molecule has 1 fully saturated rings. The first-order chi connectivity index (χ1) is 12.6. The molecular weight excluding hydrogens is 338 g/mol. The Kier molecular flexibility index (Phi) is 4.02. The van der Waals surface area contributed by atoms with Gasteiger partial charge in [-0.2, -0.15) is 5.26 Å². The number of nitriles is 1. The van der Waals surface area contributed by atoms with Crippen LogP contribution < -0.4 is 5.32 Å². The third-order valence-corrected chi connectivity index (χ3v) is 4.71. The van der Waals surface area contributed by atoms with Crippen molar-refractivity contribution in [1.29, 1.82) is 5.26 Å². The molecule has 1 N–H and O–H groups in total. The number of nitrogens with one attached hydrogen (secondary N) is 1. The number of carbonyl (C=O) groups excluding carboxylic acids is 1. The topological polar surface area (TPSA) is 62.1 Å². The van der Waals surface area contributed by atoms with Crippen molar-refractivity contribution in [2.24, 2.45) is 0 Å². The molecule has 1 amide bonds. The van der Waals surface area contributed by atoms with Crippen LogP contribution in [0.15, 0.2) is 53.6 Å². The van der Waals surface area contributed by atoms with Crippen molar-refractivity contribution in [1.82, 2.24) is 0 Å². The van der Waals surface area contributed by atoms with Gasteiger partial charge in [-0.3, -0.25) is 4.79 Å². The van der Waals surface area contributed by atoms with E-state index in [1.54, 1.807) is 6.07 Å². The van der Waals surface area contributed by atoms with Crippen molar-refractivity contribution < 1.29 is 18.3 Å². The lowest BCUT2D eigenvalue weighted by Crippen LogP contribution is -2.23. The van der Waals surface area contributed by atoms with E-state index in [0.29, 0.717) is 17.6 Å². The Hall–Kier alpha value is -3.04. The van der Waals surface area contributed by atoms with Crippen molar-refractivity contribution in [3.63, 3.8) is 0 Å². The maximum absolute atomic E-state index is 14.4. The number of ether oxygens (including phenoxy) is 1. The minimum Gasteiger partial charge on any atom is -0.365 e. The van der Waals surface area contributed by atoms with E-state index in [-0.39, 0.29) is 29.0 Å². The Bertz CT molecular complexity index is 978. The number of anilines is 1. The van der Waals surface area contributed by atoms with Crippen LogP contribution in [0.25, 0.3) is 11.1 Å². The van der Waals surface area contributed by atoms with Crippen LogP contribution in [0.4, 0.5) is 14.5 Å². The maximum Gasteiger partial charge on any atom is 0.255 e. The highest BCUT2D eigenvalue weighted by Gasteiger charge is 2.43. The Morgan fingerprint density at radius 2 is 1.81 bits per heavy atom. The number of amides is 1. The molecular formula is C20H14F2N2O2. The number of benzene rings is 2. The van der Waals surface area contributed by atoms with Crippen molar-refractivity contribution >= 4 is 11.6 Å². The molecule has 4 rings (SSSR count). The fourth-order valence-corrected chi connectivity index (χ4v) is 3.50. The van der Waals surface area contributed by atoms with Crippen LogP contribution in [0, 0.1) is 23.0 Å². The standard InChI is InChI=1S/C20H14F2N2O2/c21-15-4-2-1-3-12(15)13-6-5-11(9-16(13)22)24-20(25)19-14(10-23)17-7-8-18(19)26-17/h1-6,9,17-18H,7-8H2,(H,24,25)/t17-,18+/m0/s1. The van der Waals surface area contributed by atoms with Gasteiger partial charge in [0, 0.05) is 16.8 Å². The predicted molar refractivity (Wildman–Crippen MR) is 91.0 cm³/mol. The molecule has 1 saturated heterocycles. The highest BCUT2D eigenvalue weighted by molar-refractivity contribution is 6.06. The average Bonchev–Trinajstić information content (AvgIpc) is 3.23. The van der Waals surface area contributed by atoms with Crippen LogP contribution >= 0.6 is 0 Å². The molecule has 4 nitrogen and oxygen atoms in total. The lowest BCUT2D eigenvalue weighted by Gasteiger charge is -2.13. The Labute approximate surface area is 148 Å². The number of rotatable bonds is 3. The molecule has 0 spiro atoms. The lowest BCUT2D eigenvalue weighted by molar-refractivity contribution is -0.113. The summed E-state index contributed by atoms with van der Waals surface area (Å²) in [4.78, 5) is 12.5. The van der Waals surface area contributed by atoms with Crippen molar-refractivity contribution in [2.45, 2.75) is 25.0 Å². The number of hydrogen-bond acceptors (Lipinski definition) is 3. The average molecular weight is 352 g/mol. The van der Waals surface area contributed by atoms with Crippen LogP contribution in [0.1, 0.15) is 12.8 Å². The van der Waals surface area contributed by atoms with E-state index >= 15 is 0 Å². The fraction of sp³-hybridized carbons (Fsp3) is 0.200. The molecule has 2 aliphatic rings. The summed E-state index contributed by atoms with van der Waals surface area (Å²) in [5.74, 6) is -1.63. The minimum absolute atomic E-state index is 0.112. The molecule has 2 aromatic rings. The summed E-state index contributed by atoms with van der Waals surface area (Å²) in [6, 6.07) is 12.0. The zero-order valence-electron chi connectivity index (χ0n) is 13.6. The van der Waals surface area contributed by atoms with E-state index < -0.39 is 17.5 Å². The van der Waals surface area contributed by atoms with E-state index in [9.17, 15) is 18.8 Å². The largest absolute Gasteiger partial charge is 0.365 e. The zero-order valence-corrected chi connectivity index (χ0v) is 13.6. The van der Waals surface area contributed by atoms with Gasteiger partial charge in [-0.15, -0.1) is 0 Å². The molecule has 2 aromatic carbocycles. The third kappa shape index (κ3) is 2.67. The smallest absolute Gasteiger partial charge is 0.255 e. The number of halogens is 2. The highest BCUT2D eigenvalue weighted by atomic mass is 19.1. The second-order valence-corrected chi connectivity index (χ2v) is 6.26. The van der Waals surface area contributed by atoms with Gasteiger partial charge in [0.05, 0.1) is 29.4 Å². The quantitative estimate of drug-likeness (QED) is 0.910. The van der Waals surface area contributed by atoms with E-state index in [1.165, 1.54) is 30.3 Å². The van der Waals surface area contributed by atoms with Gasteiger partial charge in [0.2, 0.25) is 0 Å². The second kappa shape index (κ2) is 6.36. The Morgan fingerprint density at radius 3 is 2.54 bits per heavy atom. The summed E-state index contributed by atoms with van der Waals surface area (Å²) in [7, 11) is 0. The van der Waals surface area contributed by atoms with Gasteiger partial charge < -0.3 is 10.1 Å². The van der Waals surface area contributed by atoms with Gasteiger partial charge in [0.1, 0.15) is 11.6 Å². The SMILES string of the molecule is N#CC1=C(C(=O)Nc2ccc(-c3ccccc3F)c(F)c2)[C@H]2CC[C@@H]1O2. The molecule has 0 aliphatic carbocycles. The van der Waals surface area contributed by atoms with Crippen LogP contribution in [-0.4, -0.2) is 18.1 Å². The summed E-state index contributed by atoms with van der Waals surface area (Å²) in [6.07, 6.45) is 0.735. The Balaban J connectivity index is 1.60. The summed E-state index contributed by atoms with van der Waals surface area (Å²) in [6.45, 7) is 0. The molecule has 0 aromatic heterocycles. The Morgan fingerprint density at radius 1 is 1.08 bits per heavy atom. The number of fused-ring (bicyclic) bond motifs is 2. The number of hydrogen-bond donors (Lipinski definition) is 1. The number of nitrogens with zero attached hydrogens (tertiary/aromatic N) is 1. The maximum atomic E-state index is 14.4. The van der Waals surface area contributed by atoms with E-state index in [2.05, 4.69) is 5.32 Å². The summed E-state index contributed by atoms with van der Waals surface area (Å²) >= 11 is 0. The molecule has 2 atom stereocenters. The zero-order chi connectivity index (χ0) is 18.3. The predicted octanol–water partition coefficient (Wildman–Crippen LogP) is 3.95. The monoisotopic (exact) mass is 352 g/mol. The van der Waals surface area contributed by atoms with Crippen molar-refractivity contribution in [3.05, 3.63) is 65.2 Å². The van der Waals surface area contributed by atoms with Crippen LogP contribution in [0.3, 0.4) is 0 Å². The molecule has 0 radical (unpaired) electrons. The van der Waals surface area contributed by atoms with Gasteiger partial charge in [0.15, 0.2) is 0 Å². The summed E-state index contributed by atoms with van der Waals surface area (Å²) in [5, 5.41) is 11.8. The van der Waals surface area contributed by atoms with Crippen molar-refractivity contribution in [3.8, 4) is 17.2 Å². The van der Waals surface area contributed by atoms with Crippen LogP contribution in [0.2, 0.25) is 0 Å². The third-order valence-electron chi connectivity index (χ3n) is 4.71. The summed E-state index contributed by atoms with van der Waals surface area (Å²) < 4.78 is 33.9. The fourth-order valence-electron chi connectivity index (χ4n) is 3.50. The highest BCUT2D eigenvalue weighted by Crippen LogP contribution is 2.39. The van der Waals surface area contributed by atoms with Crippen LogP contribution in [0.5, 0.6) is 0 Å². The van der Waals surface area contributed by atoms with E-state index in [0.717, 1.165) is 12.5 Å². The molecule has 6 heteroatoms. The first kappa shape index (κ1) is 16.4. The van der Waals surface area contributed by atoms with Gasteiger partial charge >= 0.3 is 0 Å². The summed E-state index contributed by atoms with van der Waals surface area (Å²) in [5.41, 5.74) is 1.17. The lowest BCUT2D eigenvalue weighted by atomic mass is 9.92. The van der Waals surface area contributed by atoms with Crippen LogP contribution in [-0.2, 0) is 9.53 Å². The van der Waals surface area contributed by atoms with E-state index in [1.807, 2.05) is 6.07 Å². The van der Waals surface area contributed by atoms with Gasteiger partial charge in [-0.05, 0) is 37.1 Å². The molecule has 0 saturated carbocycles. The van der Waals surface area contributed by atoms with Gasteiger partial charge in [-0.1, -0.05) is 18.2 Å². The first-order valence-corrected chi connectivity index (χ1v) is 8.24. The van der Waals surface area contributed by atoms with Crippen molar-refractivity contribution in [2.75, 3.05) is 5.32 Å². The molecule has 2 bridgehead atoms. The molecule has 2 aliphatic heterocycles. The number of carbonyl (C=O) groups is 1. The normalized spacial score (nSPS) is 21.0. The minimum atomic E-state index is -0.647. The first-order valence-electron chi connectivity index (χ1n) is 8.24. The molecule has 2 heterocycles. The van der Waals surface area contributed by atoms with Gasteiger partial charge in [0.25, 0.3) is 5.91 Å². The molecule has 130 valence electrons. The van der Waals surface area contributed by atoms with E-state index in [4.69, 9.17) is 4.74 Å². The molecule has 26 heavy (non-hydrogen) atoms.